The van der Waals surface area contributed by atoms with Crippen LogP contribution < -0.4 is 20.4 Å². The Bertz CT molecular complexity index is 1110. The van der Waals surface area contributed by atoms with Crippen LogP contribution in [0.15, 0.2) is 42.7 Å². The minimum Gasteiger partial charge on any atom is -0.346 e. The fraction of sp³-hybridized carbons (Fsp3) is 0.500. The monoisotopic (exact) mass is 489 g/mol. The largest absolute Gasteiger partial charge is 0.346 e. The lowest BCUT2D eigenvalue weighted by Gasteiger charge is -2.43. The highest BCUT2D eigenvalue weighted by atomic mass is 16.2. The van der Waals surface area contributed by atoms with Crippen LogP contribution in [0.4, 0.5) is 11.4 Å². The molecule has 0 bridgehead atoms. The first-order valence-electron chi connectivity index (χ1n) is 13.2. The Kier molecular flexibility index (Phi) is 7.32. The number of hydrogen-bond donors (Lipinski definition) is 2. The normalized spacial score (nSPS) is 19.4. The molecule has 2 fully saturated rings. The SMILES string of the molecule is C[C@H](NC(=O)c1ccc2c(c1)N(C(=O)CNC1CCCCC1)CC(=O)N2C1CCC1)c1ccncc1. The lowest BCUT2D eigenvalue weighted by Crippen LogP contribution is -2.55. The number of amides is 3. The van der Waals surface area contributed by atoms with E-state index in [2.05, 4.69) is 15.6 Å². The van der Waals surface area contributed by atoms with Crippen LogP contribution >= 0.6 is 0 Å². The molecular formula is C28H35N5O3. The molecule has 0 spiro atoms. The Hall–Kier alpha value is -3.26. The Morgan fingerprint density at radius 3 is 2.44 bits per heavy atom. The average molecular weight is 490 g/mol. The summed E-state index contributed by atoms with van der Waals surface area (Å²) in [6.45, 7) is 2.12. The molecule has 1 aromatic carbocycles. The summed E-state index contributed by atoms with van der Waals surface area (Å²) in [5.74, 6) is -0.408. The fourth-order valence-electron chi connectivity index (χ4n) is 5.43. The van der Waals surface area contributed by atoms with Gasteiger partial charge in [0.05, 0.1) is 24.0 Å². The molecule has 2 aromatic rings. The molecule has 2 saturated carbocycles. The van der Waals surface area contributed by atoms with Crippen molar-refractivity contribution in [2.24, 2.45) is 0 Å². The lowest BCUT2D eigenvalue weighted by atomic mass is 9.90. The molecule has 1 aliphatic heterocycles. The maximum Gasteiger partial charge on any atom is 0.251 e. The number of fused-ring (bicyclic) bond motifs is 1. The van der Waals surface area contributed by atoms with Crippen molar-refractivity contribution in [3.63, 3.8) is 0 Å². The zero-order chi connectivity index (χ0) is 25.1. The van der Waals surface area contributed by atoms with Crippen LogP contribution in [0.3, 0.4) is 0 Å². The molecule has 2 heterocycles. The number of nitrogens with one attached hydrogen (secondary N) is 2. The molecule has 190 valence electrons. The van der Waals surface area contributed by atoms with Gasteiger partial charge in [-0.05, 0) is 74.9 Å². The van der Waals surface area contributed by atoms with Gasteiger partial charge in [-0.2, -0.15) is 0 Å². The minimum absolute atomic E-state index is 0.00711. The highest BCUT2D eigenvalue weighted by molar-refractivity contribution is 6.13. The van der Waals surface area contributed by atoms with Gasteiger partial charge in [0.1, 0.15) is 6.54 Å². The third-order valence-corrected chi connectivity index (χ3v) is 7.79. The average Bonchev–Trinajstić information content (AvgIpc) is 2.88. The third kappa shape index (κ3) is 5.14. The first-order chi connectivity index (χ1) is 17.5. The lowest BCUT2D eigenvalue weighted by molar-refractivity contribution is -0.123. The van der Waals surface area contributed by atoms with E-state index in [4.69, 9.17) is 0 Å². The molecule has 8 nitrogen and oxygen atoms in total. The van der Waals surface area contributed by atoms with Crippen molar-refractivity contribution in [3.05, 3.63) is 53.9 Å². The number of carbonyl (C=O) groups is 3. The van der Waals surface area contributed by atoms with Crippen LogP contribution in [0.2, 0.25) is 0 Å². The summed E-state index contributed by atoms with van der Waals surface area (Å²) < 4.78 is 0. The number of anilines is 2. The molecule has 0 saturated heterocycles. The molecule has 0 unspecified atom stereocenters. The van der Waals surface area contributed by atoms with E-state index in [0.717, 1.165) is 43.4 Å². The Morgan fingerprint density at radius 1 is 1.00 bits per heavy atom. The molecule has 3 amide bonds. The van der Waals surface area contributed by atoms with Crippen molar-refractivity contribution >= 4 is 29.1 Å². The summed E-state index contributed by atoms with van der Waals surface area (Å²) >= 11 is 0. The highest BCUT2D eigenvalue weighted by Crippen LogP contribution is 2.40. The summed E-state index contributed by atoms with van der Waals surface area (Å²) in [5, 5.41) is 6.44. The maximum atomic E-state index is 13.3. The molecule has 2 N–H and O–H groups in total. The van der Waals surface area contributed by atoms with Gasteiger partial charge < -0.3 is 15.5 Å². The molecule has 3 aliphatic rings. The zero-order valence-corrected chi connectivity index (χ0v) is 20.9. The van der Waals surface area contributed by atoms with Gasteiger partial charge in [0.2, 0.25) is 11.8 Å². The van der Waals surface area contributed by atoms with Crippen LogP contribution in [-0.2, 0) is 9.59 Å². The predicted molar refractivity (Wildman–Crippen MR) is 139 cm³/mol. The summed E-state index contributed by atoms with van der Waals surface area (Å²) in [6, 6.07) is 9.41. The second kappa shape index (κ2) is 10.8. The topological polar surface area (TPSA) is 94.6 Å². The Labute approximate surface area is 212 Å². The molecule has 1 atom stereocenters. The van der Waals surface area contributed by atoms with Gasteiger partial charge in [0.25, 0.3) is 5.91 Å². The van der Waals surface area contributed by atoms with E-state index < -0.39 is 0 Å². The van der Waals surface area contributed by atoms with Gasteiger partial charge >= 0.3 is 0 Å². The van der Waals surface area contributed by atoms with Crippen molar-refractivity contribution in [1.29, 1.82) is 0 Å². The first-order valence-corrected chi connectivity index (χ1v) is 13.2. The maximum absolute atomic E-state index is 13.3. The second-order valence-electron chi connectivity index (χ2n) is 10.2. The van der Waals surface area contributed by atoms with Gasteiger partial charge in [-0.25, -0.2) is 0 Å². The molecule has 1 aromatic heterocycles. The highest BCUT2D eigenvalue weighted by Gasteiger charge is 2.38. The van der Waals surface area contributed by atoms with Gasteiger partial charge in [-0.1, -0.05) is 19.3 Å². The fourth-order valence-corrected chi connectivity index (χ4v) is 5.43. The van der Waals surface area contributed by atoms with Crippen LogP contribution in [0, 0.1) is 0 Å². The third-order valence-electron chi connectivity index (χ3n) is 7.79. The van der Waals surface area contributed by atoms with Gasteiger partial charge in [-0.3, -0.25) is 24.3 Å². The number of nitrogens with zero attached hydrogens (tertiary/aromatic N) is 3. The molecular weight excluding hydrogens is 454 g/mol. The summed E-state index contributed by atoms with van der Waals surface area (Å²) in [4.78, 5) is 47.1. The van der Waals surface area contributed by atoms with E-state index in [1.165, 1.54) is 19.3 Å². The molecule has 0 radical (unpaired) electrons. The van der Waals surface area contributed by atoms with Crippen molar-refractivity contribution < 1.29 is 14.4 Å². The van der Waals surface area contributed by atoms with Crippen molar-refractivity contribution in [2.45, 2.75) is 76.4 Å². The minimum atomic E-state index is -0.220. The van der Waals surface area contributed by atoms with E-state index >= 15 is 0 Å². The second-order valence-corrected chi connectivity index (χ2v) is 10.2. The quantitative estimate of drug-likeness (QED) is 0.618. The predicted octanol–water partition coefficient (Wildman–Crippen LogP) is 3.73. The summed E-state index contributed by atoms with van der Waals surface area (Å²) in [7, 11) is 0. The molecule has 8 heteroatoms. The number of hydrogen-bond acceptors (Lipinski definition) is 5. The standard InChI is InChI=1S/C28H35N5O3/c1-19(20-12-14-29-15-13-20)31-28(36)21-10-11-24-25(16-21)32(18-27(35)33(24)23-8-5-9-23)26(34)17-30-22-6-3-2-4-7-22/h10-16,19,22-23,30H,2-9,17-18H2,1H3,(H,31,36)/t19-/m0/s1. The number of rotatable bonds is 7. The van der Waals surface area contributed by atoms with E-state index in [-0.39, 0.29) is 42.9 Å². The van der Waals surface area contributed by atoms with E-state index in [1.54, 1.807) is 29.4 Å². The van der Waals surface area contributed by atoms with Crippen molar-refractivity contribution in [3.8, 4) is 0 Å². The molecule has 36 heavy (non-hydrogen) atoms. The van der Waals surface area contributed by atoms with Crippen LogP contribution in [0.5, 0.6) is 0 Å². The first kappa shape index (κ1) is 24.4. The number of aromatic nitrogens is 1. The van der Waals surface area contributed by atoms with E-state index in [1.807, 2.05) is 30.0 Å². The van der Waals surface area contributed by atoms with Gasteiger partial charge in [0, 0.05) is 30.0 Å². The Morgan fingerprint density at radius 2 is 1.75 bits per heavy atom. The summed E-state index contributed by atoms with van der Waals surface area (Å²) in [6.07, 6.45) is 12.2. The summed E-state index contributed by atoms with van der Waals surface area (Å²) in [5.41, 5.74) is 2.79. The van der Waals surface area contributed by atoms with Crippen LogP contribution in [0.25, 0.3) is 0 Å². The van der Waals surface area contributed by atoms with Crippen LogP contribution in [-0.4, -0.2) is 47.9 Å². The molecule has 2 aliphatic carbocycles. The van der Waals surface area contributed by atoms with E-state index in [9.17, 15) is 14.4 Å². The number of pyridine rings is 1. The number of benzene rings is 1. The smallest absolute Gasteiger partial charge is 0.251 e. The van der Waals surface area contributed by atoms with Crippen LogP contribution in [0.1, 0.15) is 80.3 Å². The van der Waals surface area contributed by atoms with Gasteiger partial charge in [-0.15, -0.1) is 0 Å². The van der Waals surface area contributed by atoms with Gasteiger partial charge in [0.15, 0.2) is 0 Å². The zero-order valence-electron chi connectivity index (χ0n) is 20.9. The molecule has 5 rings (SSSR count). The Balaban J connectivity index is 1.38. The van der Waals surface area contributed by atoms with Crippen molar-refractivity contribution in [2.75, 3.05) is 22.9 Å². The van der Waals surface area contributed by atoms with Crippen molar-refractivity contribution in [1.82, 2.24) is 15.6 Å². The van der Waals surface area contributed by atoms with E-state index in [0.29, 0.717) is 17.3 Å². The number of carbonyl (C=O) groups excluding carboxylic acids is 3.